The highest BCUT2D eigenvalue weighted by Crippen LogP contribution is 2.11. The van der Waals surface area contributed by atoms with Crippen LogP contribution in [-0.4, -0.2) is 32.1 Å². The lowest BCUT2D eigenvalue weighted by Crippen LogP contribution is -2.28. The molecule has 2 aromatic heterocycles. The summed E-state index contributed by atoms with van der Waals surface area (Å²) in [5, 5.41) is 2.86. The largest absolute Gasteiger partial charge is 0.345 e. The molecule has 2 aromatic carbocycles. The van der Waals surface area contributed by atoms with E-state index in [4.69, 9.17) is 0 Å². The summed E-state index contributed by atoms with van der Waals surface area (Å²) in [5.41, 5.74) is 3.81. The van der Waals surface area contributed by atoms with Crippen LogP contribution in [0.5, 0.6) is 0 Å². The summed E-state index contributed by atoms with van der Waals surface area (Å²) < 4.78 is 1.55. The molecule has 1 amide bonds. The van der Waals surface area contributed by atoms with Crippen molar-refractivity contribution in [1.29, 1.82) is 0 Å². The second-order valence-electron chi connectivity index (χ2n) is 5.61. The molecule has 128 valence electrons. The number of nitrogens with zero attached hydrogens (tertiary/aromatic N) is 3. The zero-order valence-corrected chi connectivity index (χ0v) is 14.1. The maximum Gasteiger partial charge on any atom is 0.327 e. The molecule has 6 heteroatoms. The van der Waals surface area contributed by atoms with Crippen molar-refractivity contribution in [2.24, 2.45) is 0 Å². The molecule has 4 aromatic rings. The summed E-state index contributed by atoms with van der Waals surface area (Å²) in [4.78, 5) is 23.0. The van der Waals surface area contributed by atoms with Gasteiger partial charge in [0.2, 0.25) is 0 Å². The molecule has 2 heterocycles. The average Bonchev–Trinajstić information content (AvgIpc) is 3.29. The van der Waals surface area contributed by atoms with Gasteiger partial charge in [-0.3, -0.25) is 4.57 Å². The number of carbonyl (C=O) groups excluding carboxylic acids is 1. The third kappa shape index (κ3) is 4.03. The van der Waals surface area contributed by atoms with Crippen molar-refractivity contribution in [3.8, 4) is 0 Å². The molecule has 25 heavy (non-hydrogen) atoms. The number of aromatic amines is 1. The van der Waals surface area contributed by atoms with Crippen LogP contribution in [-0.2, 0) is 0 Å². The van der Waals surface area contributed by atoms with Gasteiger partial charge in [0, 0.05) is 6.54 Å². The first-order valence-electron chi connectivity index (χ1n) is 8.38. The van der Waals surface area contributed by atoms with E-state index < -0.39 is 0 Å². The number of rotatable bonds is 3. The van der Waals surface area contributed by atoms with Gasteiger partial charge in [-0.1, -0.05) is 37.6 Å². The molecule has 0 saturated carbocycles. The van der Waals surface area contributed by atoms with Gasteiger partial charge in [0.05, 0.1) is 28.4 Å². The van der Waals surface area contributed by atoms with E-state index in [0.717, 1.165) is 34.9 Å². The molecule has 0 fully saturated rings. The van der Waals surface area contributed by atoms with Gasteiger partial charge < -0.3 is 10.3 Å². The summed E-state index contributed by atoms with van der Waals surface area (Å²) >= 11 is 0. The lowest BCUT2D eigenvalue weighted by atomic mass is 10.3. The molecule has 0 radical (unpaired) electrons. The Bertz CT molecular complexity index is 926. The first kappa shape index (κ1) is 16.7. The minimum atomic E-state index is -0.109. The zero-order chi connectivity index (χ0) is 17.5. The summed E-state index contributed by atoms with van der Waals surface area (Å²) in [6.07, 6.45) is 5.33. The van der Waals surface area contributed by atoms with Gasteiger partial charge in [-0.25, -0.2) is 14.8 Å². The Kier molecular flexibility index (Phi) is 5.41. The van der Waals surface area contributed by atoms with Crippen LogP contribution in [0.3, 0.4) is 0 Å². The van der Waals surface area contributed by atoms with Gasteiger partial charge in [-0.2, -0.15) is 0 Å². The van der Waals surface area contributed by atoms with Crippen molar-refractivity contribution >= 4 is 28.1 Å². The first-order chi connectivity index (χ1) is 12.3. The second kappa shape index (κ2) is 8.10. The van der Waals surface area contributed by atoms with E-state index in [1.165, 1.54) is 0 Å². The van der Waals surface area contributed by atoms with Crippen LogP contribution in [0.4, 0.5) is 4.79 Å². The summed E-state index contributed by atoms with van der Waals surface area (Å²) in [7, 11) is 0. The number of benzene rings is 2. The predicted molar refractivity (Wildman–Crippen MR) is 99.5 cm³/mol. The van der Waals surface area contributed by atoms with Gasteiger partial charge in [-0.05, 0) is 30.7 Å². The topological polar surface area (TPSA) is 75.6 Å². The van der Waals surface area contributed by atoms with E-state index in [9.17, 15) is 4.79 Å². The van der Waals surface area contributed by atoms with Gasteiger partial charge in [0.25, 0.3) is 0 Å². The highest BCUT2D eigenvalue weighted by atomic mass is 16.2. The third-order valence-corrected chi connectivity index (χ3v) is 3.81. The number of fused-ring (bicyclic) bond motifs is 2. The maximum atomic E-state index is 11.8. The zero-order valence-electron chi connectivity index (χ0n) is 14.1. The van der Waals surface area contributed by atoms with Crippen molar-refractivity contribution in [3.05, 3.63) is 61.2 Å². The number of hydrogen-bond acceptors (Lipinski definition) is 3. The minimum Gasteiger partial charge on any atom is -0.345 e. The normalized spacial score (nSPS) is 10.4. The fourth-order valence-corrected chi connectivity index (χ4v) is 2.46. The fraction of sp³-hybridized carbons (Fsp3) is 0.211. The molecule has 0 bridgehead atoms. The Morgan fingerprint density at radius 1 is 1.08 bits per heavy atom. The molecule has 0 atom stereocenters. The number of aromatic nitrogens is 4. The van der Waals surface area contributed by atoms with E-state index in [2.05, 4.69) is 27.2 Å². The Balaban J connectivity index is 0.000000170. The van der Waals surface area contributed by atoms with E-state index >= 15 is 0 Å². The number of hydrogen-bond donors (Lipinski definition) is 2. The number of H-pyrrole nitrogens is 1. The van der Waals surface area contributed by atoms with Crippen molar-refractivity contribution in [1.82, 2.24) is 24.8 Å². The van der Waals surface area contributed by atoms with Crippen LogP contribution in [0.2, 0.25) is 0 Å². The SMILES string of the molecule is CCCCNC(=O)n1cnc2ccccc21.c1ccc2[nH]cnc2c1. The van der Waals surface area contributed by atoms with E-state index in [0.29, 0.717) is 6.54 Å². The number of unbranched alkanes of at least 4 members (excludes halogenated alkanes) is 1. The van der Waals surface area contributed by atoms with E-state index in [1.807, 2.05) is 48.5 Å². The summed E-state index contributed by atoms with van der Waals surface area (Å²) in [6.45, 7) is 2.81. The summed E-state index contributed by atoms with van der Waals surface area (Å²) in [5.74, 6) is 0. The highest BCUT2D eigenvalue weighted by Gasteiger charge is 2.07. The first-order valence-corrected chi connectivity index (χ1v) is 8.38. The lowest BCUT2D eigenvalue weighted by Gasteiger charge is -2.04. The lowest BCUT2D eigenvalue weighted by molar-refractivity contribution is 0.243. The summed E-state index contributed by atoms with van der Waals surface area (Å²) in [6, 6.07) is 15.4. The minimum absolute atomic E-state index is 0.109. The van der Waals surface area contributed by atoms with Gasteiger partial charge in [0.15, 0.2) is 0 Å². The van der Waals surface area contributed by atoms with E-state index in [-0.39, 0.29) is 6.03 Å². The molecule has 0 spiro atoms. The predicted octanol–water partition coefficient (Wildman–Crippen LogP) is 3.96. The molecule has 4 rings (SSSR count). The van der Waals surface area contributed by atoms with Gasteiger partial charge >= 0.3 is 6.03 Å². The highest BCUT2D eigenvalue weighted by molar-refractivity contribution is 5.88. The van der Waals surface area contributed by atoms with Crippen molar-refractivity contribution in [2.45, 2.75) is 19.8 Å². The fourth-order valence-electron chi connectivity index (χ4n) is 2.46. The van der Waals surface area contributed by atoms with Crippen LogP contribution >= 0.6 is 0 Å². The Labute approximate surface area is 145 Å². The van der Waals surface area contributed by atoms with Crippen LogP contribution in [0.1, 0.15) is 19.8 Å². The Morgan fingerprint density at radius 3 is 2.64 bits per heavy atom. The number of carbonyl (C=O) groups is 1. The quantitative estimate of drug-likeness (QED) is 0.557. The molecule has 0 aliphatic carbocycles. The third-order valence-electron chi connectivity index (χ3n) is 3.81. The molecular formula is C19H21N5O. The smallest absolute Gasteiger partial charge is 0.327 e. The van der Waals surface area contributed by atoms with Crippen molar-refractivity contribution < 1.29 is 4.79 Å². The van der Waals surface area contributed by atoms with Crippen LogP contribution in [0.25, 0.3) is 22.1 Å². The molecule has 0 unspecified atom stereocenters. The van der Waals surface area contributed by atoms with Crippen molar-refractivity contribution in [3.63, 3.8) is 0 Å². The van der Waals surface area contributed by atoms with Gasteiger partial charge in [0.1, 0.15) is 6.33 Å². The molecule has 6 nitrogen and oxygen atoms in total. The average molecular weight is 335 g/mol. The molecule has 2 N–H and O–H groups in total. The number of imidazole rings is 2. The van der Waals surface area contributed by atoms with Crippen LogP contribution in [0.15, 0.2) is 61.2 Å². The van der Waals surface area contributed by atoms with Crippen LogP contribution < -0.4 is 5.32 Å². The molecule has 0 aliphatic heterocycles. The van der Waals surface area contributed by atoms with Crippen LogP contribution in [0, 0.1) is 0 Å². The van der Waals surface area contributed by atoms with E-state index in [1.54, 1.807) is 17.2 Å². The monoisotopic (exact) mass is 335 g/mol. The number of para-hydroxylation sites is 4. The maximum absolute atomic E-state index is 11.8. The Morgan fingerprint density at radius 2 is 1.84 bits per heavy atom. The number of nitrogens with one attached hydrogen (secondary N) is 2. The molecule has 0 saturated heterocycles. The molecule has 0 aliphatic rings. The standard InChI is InChI=1S/C12H15N3O.C7H6N2/c1-2-3-8-13-12(16)15-9-14-10-6-4-5-7-11(10)15;1-2-4-7-6(3-1)8-5-9-7/h4-7,9H,2-3,8H2,1H3,(H,13,16);1-5H,(H,8,9). The van der Waals surface area contributed by atoms with Gasteiger partial charge in [-0.15, -0.1) is 0 Å². The Hall–Kier alpha value is -3.15. The second-order valence-corrected chi connectivity index (χ2v) is 5.61. The van der Waals surface area contributed by atoms with Crippen molar-refractivity contribution in [2.75, 3.05) is 6.54 Å². The number of amides is 1. The molecular weight excluding hydrogens is 314 g/mol.